The zero-order valence-corrected chi connectivity index (χ0v) is 21.2. The van der Waals surface area contributed by atoms with Crippen LogP contribution in [0.1, 0.15) is 149 Å². The zero-order valence-electron chi connectivity index (χ0n) is 21.2. The molecule has 1 rings (SSSR count). The molecule has 1 heterocycles. The maximum Gasteiger partial charge on any atom is 0.101 e. The number of nitrogens with zero attached hydrogens (tertiary/aromatic N) is 2. The number of unbranched alkanes of at least 4 members (excludes halogenated alkanes) is 17. The van der Waals surface area contributed by atoms with Gasteiger partial charge in [0, 0.05) is 25.5 Å². The lowest BCUT2D eigenvalue weighted by atomic mass is 10.0. The monoisotopic (exact) mass is 420 g/mol. The van der Waals surface area contributed by atoms with Gasteiger partial charge in [-0.1, -0.05) is 123 Å². The molecule has 0 bridgehead atoms. The van der Waals surface area contributed by atoms with Crippen molar-refractivity contribution in [3.63, 3.8) is 0 Å². The van der Waals surface area contributed by atoms with Gasteiger partial charge in [0.2, 0.25) is 0 Å². The van der Waals surface area contributed by atoms with Crippen molar-refractivity contribution in [2.24, 2.45) is 0 Å². The molecule has 1 atom stereocenters. The standard InChI is InChI=1S/C28H56N2/c1-4-7-9-11-13-15-16-17-18-20-22-24-28-29(6-3)26-27-30(28)25-23-21-19-14-12-10-8-5-2/h26-28H,4-25H2,1-3H3. The van der Waals surface area contributed by atoms with Crippen LogP contribution < -0.4 is 0 Å². The highest BCUT2D eigenvalue weighted by Crippen LogP contribution is 2.22. The second kappa shape index (κ2) is 20.3. The number of rotatable bonds is 22. The summed E-state index contributed by atoms with van der Waals surface area (Å²) in [5, 5.41) is 0. The molecule has 1 unspecified atom stereocenters. The minimum absolute atomic E-state index is 0.637. The Bertz CT molecular complexity index is 379. The minimum atomic E-state index is 0.637. The fraction of sp³-hybridized carbons (Fsp3) is 0.929. The molecule has 1 aliphatic heterocycles. The first-order chi connectivity index (χ1) is 14.8. The lowest BCUT2D eigenvalue weighted by Gasteiger charge is -2.32. The van der Waals surface area contributed by atoms with Crippen LogP contribution in [0, 0.1) is 0 Å². The van der Waals surface area contributed by atoms with Gasteiger partial charge in [0.15, 0.2) is 0 Å². The molecule has 0 aromatic carbocycles. The molecule has 0 aliphatic carbocycles. The minimum Gasteiger partial charge on any atom is -0.356 e. The molecule has 2 nitrogen and oxygen atoms in total. The van der Waals surface area contributed by atoms with Crippen molar-refractivity contribution in [3.05, 3.63) is 12.4 Å². The second-order valence-electron chi connectivity index (χ2n) is 9.65. The average Bonchev–Trinajstić information content (AvgIpc) is 3.15. The molecular weight excluding hydrogens is 364 g/mol. The van der Waals surface area contributed by atoms with Crippen molar-refractivity contribution in [1.82, 2.24) is 9.80 Å². The summed E-state index contributed by atoms with van der Waals surface area (Å²) < 4.78 is 0. The van der Waals surface area contributed by atoms with Crippen LogP contribution in [0.15, 0.2) is 12.4 Å². The predicted molar refractivity (Wildman–Crippen MR) is 136 cm³/mol. The zero-order chi connectivity index (χ0) is 21.7. The van der Waals surface area contributed by atoms with Gasteiger partial charge in [-0.25, -0.2) is 0 Å². The van der Waals surface area contributed by atoms with E-state index in [1.165, 1.54) is 135 Å². The summed E-state index contributed by atoms with van der Waals surface area (Å²) >= 11 is 0. The molecule has 1 aliphatic rings. The van der Waals surface area contributed by atoms with Gasteiger partial charge in [0.05, 0.1) is 0 Å². The van der Waals surface area contributed by atoms with Crippen LogP contribution in [0.2, 0.25) is 0 Å². The van der Waals surface area contributed by atoms with Gasteiger partial charge in [0.25, 0.3) is 0 Å². The Kier molecular flexibility index (Phi) is 18.5. The van der Waals surface area contributed by atoms with Gasteiger partial charge in [-0.2, -0.15) is 0 Å². The first-order valence-electron chi connectivity index (χ1n) is 14.0. The van der Waals surface area contributed by atoms with Crippen LogP contribution in [0.25, 0.3) is 0 Å². The fourth-order valence-electron chi connectivity index (χ4n) is 4.85. The molecule has 0 aromatic heterocycles. The first kappa shape index (κ1) is 27.4. The molecule has 0 saturated heterocycles. The van der Waals surface area contributed by atoms with Crippen LogP contribution in [0.3, 0.4) is 0 Å². The summed E-state index contributed by atoms with van der Waals surface area (Å²) in [6.07, 6.45) is 33.8. The summed E-state index contributed by atoms with van der Waals surface area (Å²) in [6.45, 7) is 9.31. The van der Waals surface area contributed by atoms with Crippen molar-refractivity contribution >= 4 is 0 Å². The smallest absolute Gasteiger partial charge is 0.101 e. The highest BCUT2D eigenvalue weighted by molar-refractivity contribution is 4.96. The summed E-state index contributed by atoms with van der Waals surface area (Å²) in [7, 11) is 0. The van der Waals surface area contributed by atoms with Crippen LogP contribution in [-0.2, 0) is 0 Å². The van der Waals surface area contributed by atoms with Crippen molar-refractivity contribution in [2.45, 2.75) is 155 Å². The molecule has 0 saturated carbocycles. The van der Waals surface area contributed by atoms with E-state index in [2.05, 4.69) is 43.0 Å². The van der Waals surface area contributed by atoms with Gasteiger partial charge in [-0.05, 0) is 26.2 Å². The van der Waals surface area contributed by atoms with Gasteiger partial charge in [-0.15, -0.1) is 0 Å². The van der Waals surface area contributed by atoms with E-state index in [0.717, 1.165) is 6.54 Å². The first-order valence-corrected chi connectivity index (χ1v) is 14.0. The Morgan fingerprint density at radius 2 is 0.867 bits per heavy atom. The van der Waals surface area contributed by atoms with Crippen LogP contribution in [0.4, 0.5) is 0 Å². The van der Waals surface area contributed by atoms with Crippen LogP contribution >= 0.6 is 0 Å². The van der Waals surface area contributed by atoms with E-state index in [0.29, 0.717) is 6.17 Å². The molecule has 30 heavy (non-hydrogen) atoms. The van der Waals surface area contributed by atoms with Crippen LogP contribution in [-0.4, -0.2) is 29.1 Å². The van der Waals surface area contributed by atoms with E-state index in [1.807, 2.05) is 0 Å². The Hall–Kier alpha value is -0.660. The van der Waals surface area contributed by atoms with E-state index in [1.54, 1.807) is 0 Å². The predicted octanol–water partition coefficient (Wildman–Crippen LogP) is 9.26. The molecule has 178 valence electrons. The topological polar surface area (TPSA) is 6.48 Å². The van der Waals surface area contributed by atoms with Crippen molar-refractivity contribution in [3.8, 4) is 0 Å². The number of hydrogen-bond acceptors (Lipinski definition) is 2. The lowest BCUT2D eigenvalue weighted by molar-refractivity contribution is 0.142. The largest absolute Gasteiger partial charge is 0.356 e. The maximum absolute atomic E-state index is 2.64. The Morgan fingerprint density at radius 1 is 0.467 bits per heavy atom. The summed E-state index contributed by atoms with van der Waals surface area (Å²) in [5.41, 5.74) is 0. The summed E-state index contributed by atoms with van der Waals surface area (Å²) in [5.74, 6) is 0. The third kappa shape index (κ3) is 13.6. The highest BCUT2D eigenvalue weighted by Gasteiger charge is 2.23. The summed E-state index contributed by atoms with van der Waals surface area (Å²) in [6, 6.07) is 0. The normalized spacial score (nSPS) is 16.2. The van der Waals surface area contributed by atoms with E-state index >= 15 is 0 Å². The molecule has 0 amide bonds. The molecular formula is C28H56N2. The second-order valence-corrected chi connectivity index (χ2v) is 9.65. The third-order valence-corrected chi connectivity index (χ3v) is 6.92. The van der Waals surface area contributed by atoms with E-state index in [9.17, 15) is 0 Å². The SMILES string of the molecule is CCCCCCCCCCCCCC1N(CC)C=CN1CCCCCCCCCC. The van der Waals surface area contributed by atoms with Gasteiger partial charge >= 0.3 is 0 Å². The lowest BCUT2D eigenvalue weighted by Crippen LogP contribution is -2.38. The van der Waals surface area contributed by atoms with Gasteiger partial charge in [0.1, 0.15) is 6.17 Å². The molecule has 2 heteroatoms. The average molecular weight is 421 g/mol. The Labute approximate surface area is 190 Å². The molecule has 0 spiro atoms. The molecule has 0 aromatic rings. The fourth-order valence-corrected chi connectivity index (χ4v) is 4.85. The third-order valence-electron chi connectivity index (χ3n) is 6.92. The highest BCUT2D eigenvalue weighted by atomic mass is 15.4. The van der Waals surface area contributed by atoms with Gasteiger partial charge in [-0.3, -0.25) is 0 Å². The van der Waals surface area contributed by atoms with E-state index < -0.39 is 0 Å². The molecule has 0 fully saturated rings. The quantitative estimate of drug-likeness (QED) is 0.161. The maximum atomic E-state index is 2.64. The van der Waals surface area contributed by atoms with Crippen molar-refractivity contribution in [2.75, 3.05) is 13.1 Å². The van der Waals surface area contributed by atoms with Crippen molar-refractivity contribution in [1.29, 1.82) is 0 Å². The Morgan fingerprint density at radius 3 is 1.33 bits per heavy atom. The molecule has 0 N–H and O–H groups in total. The van der Waals surface area contributed by atoms with Gasteiger partial charge < -0.3 is 9.80 Å². The Balaban J connectivity index is 2.03. The van der Waals surface area contributed by atoms with Crippen molar-refractivity contribution < 1.29 is 0 Å². The van der Waals surface area contributed by atoms with Crippen LogP contribution in [0.5, 0.6) is 0 Å². The summed E-state index contributed by atoms with van der Waals surface area (Å²) in [4.78, 5) is 5.19. The number of hydrogen-bond donors (Lipinski definition) is 0. The van der Waals surface area contributed by atoms with E-state index in [4.69, 9.17) is 0 Å². The molecule has 0 radical (unpaired) electrons. The van der Waals surface area contributed by atoms with E-state index in [-0.39, 0.29) is 0 Å².